The van der Waals surface area contributed by atoms with Gasteiger partial charge < -0.3 is 5.32 Å². The van der Waals surface area contributed by atoms with E-state index in [4.69, 9.17) is 0 Å². The molecule has 2 aromatic carbocycles. The molecule has 6 rings (SSSR count). The van der Waals surface area contributed by atoms with E-state index in [9.17, 15) is 4.79 Å². The summed E-state index contributed by atoms with van der Waals surface area (Å²) in [4.78, 5) is 27.4. The largest absolute Gasteiger partial charge is 0.360 e. The number of anilines is 1. The predicted octanol–water partition coefficient (Wildman–Crippen LogP) is 4.90. The molecule has 0 saturated carbocycles. The van der Waals surface area contributed by atoms with Crippen molar-refractivity contribution in [2.75, 3.05) is 5.32 Å². The molecular weight excluding hydrogens is 450 g/mol. The van der Waals surface area contributed by atoms with Gasteiger partial charge in [-0.15, -0.1) is 0 Å². The SMILES string of the molecule is CC(Nc1ncnc2cccnc12)c1cc2cccc(-c3cnn(C)c3)c2c(=O)n1-c1ccccc1. The van der Waals surface area contributed by atoms with Crippen LogP contribution in [-0.2, 0) is 7.05 Å². The third-order valence-corrected chi connectivity index (χ3v) is 6.30. The lowest BCUT2D eigenvalue weighted by molar-refractivity contribution is 0.768. The van der Waals surface area contributed by atoms with Crippen LogP contribution >= 0.6 is 0 Å². The number of pyridine rings is 2. The van der Waals surface area contributed by atoms with Crippen LogP contribution in [0.25, 0.3) is 38.6 Å². The van der Waals surface area contributed by atoms with Crippen molar-refractivity contribution in [3.8, 4) is 16.8 Å². The van der Waals surface area contributed by atoms with Gasteiger partial charge in [-0.2, -0.15) is 5.10 Å². The summed E-state index contributed by atoms with van der Waals surface area (Å²) in [5.41, 5.74) is 4.70. The number of aryl methyl sites for hydroxylation is 1. The minimum Gasteiger partial charge on any atom is -0.360 e. The molecule has 4 aromatic heterocycles. The van der Waals surface area contributed by atoms with Gasteiger partial charge in [0.2, 0.25) is 0 Å². The molecule has 1 atom stereocenters. The fourth-order valence-electron chi connectivity index (χ4n) is 4.62. The number of para-hydroxylation sites is 1. The van der Waals surface area contributed by atoms with E-state index >= 15 is 0 Å². The molecular formula is C28H23N7O. The molecule has 1 unspecified atom stereocenters. The molecule has 8 heteroatoms. The van der Waals surface area contributed by atoms with Crippen molar-refractivity contribution >= 4 is 27.6 Å². The number of benzene rings is 2. The minimum absolute atomic E-state index is 0.0903. The number of fused-ring (bicyclic) bond motifs is 2. The van der Waals surface area contributed by atoms with E-state index in [0.717, 1.165) is 33.4 Å². The monoisotopic (exact) mass is 473 g/mol. The second-order valence-corrected chi connectivity index (χ2v) is 8.68. The van der Waals surface area contributed by atoms with E-state index in [1.807, 2.05) is 80.8 Å². The number of hydrogen-bond acceptors (Lipinski definition) is 6. The van der Waals surface area contributed by atoms with Crippen molar-refractivity contribution in [2.24, 2.45) is 7.05 Å². The van der Waals surface area contributed by atoms with E-state index in [-0.39, 0.29) is 11.6 Å². The van der Waals surface area contributed by atoms with Crippen LogP contribution in [-0.4, -0.2) is 29.3 Å². The second-order valence-electron chi connectivity index (χ2n) is 8.68. The second kappa shape index (κ2) is 8.74. The van der Waals surface area contributed by atoms with Crippen LogP contribution in [0.4, 0.5) is 5.82 Å². The summed E-state index contributed by atoms with van der Waals surface area (Å²) in [6, 6.07) is 21.2. The summed E-state index contributed by atoms with van der Waals surface area (Å²) in [7, 11) is 1.87. The van der Waals surface area contributed by atoms with Crippen LogP contribution in [0.1, 0.15) is 18.7 Å². The topological polar surface area (TPSA) is 90.5 Å². The maximum absolute atomic E-state index is 14.2. The number of nitrogens with one attached hydrogen (secondary N) is 1. The van der Waals surface area contributed by atoms with Crippen LogP contribution in [0, 0.1) is 0 Å². The zero-order valence-corrected chi connectivity index (χ0v) is 19.8. The van der Waals surface area contributed by atoms with Gasteiger partial charge in [0.15, 0.2) is 5.82 Å². The smallest absolute Gasteiger partial charge is 0.263 e. The average Bonchev–Trinajstić information content (AvgIpc) is 3.35. The lowest BCUT2D eigenvalue weighted by Crippen LogP contribution is -2.26. The van der Waals surface area contributed by atoms with Crippen molar-refractivity contribution in [3.05, 3.63) is 108 Å². The number of nitrogens with zero attached hydrogens (tertiary/aromatic N) is 6. The first-order valence-electron chi connectivity index (χ1n) is 11.7. The zero-order chi connectivity index (χ0) is 24.6. The molecule has 6 aromatic rings. The van der Waals surface area contributed by atoms with Gasteiger partial charge in [0.05, 0.1) is 23.1 Å². The van der Waals surface area contributed by atoms with E-state index < -0.39 is 0 Å². The highest BCUT2D eigenvalue weighted by Crippen LogP contribution is 2.30. The molecule has 1 N–H and O–H groups in total. The normalized spacial score (nSPS) is 12.2. The third kappa shape index (κ3) is 3.69. The zero-order valence-electron chi connectivity index (χ0n) is 19.8. The highest BCUT2D eigenvalue weighted by atomic mass is 16.1. The Morgan fingerprint density at radius 3 is 2.61 bits per heavy atom. The van der Waals surface area contributed by atoms with Gasteiger partial charge in [0.25, 0.3) is 5.56 Å². The van der Waals surface area contributed by atoms with Gasteiger partial charge in [-0.1, -0.05) is 36.4 Å². The Hall–Kier alpha value is -4.85. The number of hydrogen-bond donors (Lipinski definition) is 1. The molecule has 0 spiro atoms. The molecule has 0 amide bonds. The summed E-state index contributed by atoms with van der Waals surface area (Å²) in [5, 5.41) is 9.29. The van der Waals surface area contributed by atoms with Crippen LogP contribution < -0.4 is 10.9 Å². The van der Waals surface area contributed by atoms with Crippen molar-refractivity contribution in [1.82, 2.24) is 29.3 Å². The molecule has 0 aliphatic rings. The molecule has 8 nitrogen and oxygen atoms in total. The summed E-state index contributed by atoms with van der Waals surface area (Å²) in [5.74, 6) is 0.615. The Balaban J connectivity index is 1.57. The Kier molecular flexibility index (Phi) is 5.26. The molecule has 0 aliphatic carbocycles. The predicted molar refractivity (Wildman–Crippen MR) is 141 cm³/mol. The molecule has 4 heterocycles. The van der Waals surface area contributed by atoms with Crippen LogP contribution in [0.2, 0.25) is 0 Å². The first-order chi connectivity index (χ1) is 17.6. The fourth-order valence-corrected chi connectivity index (χ4v) is 4.62. The van der Waals surface area contributed by atoms with Crippen LogP contribution in [0.3, 0.4) is 0 Å². The molecule has 0 radical (unpaired) electrons. The fraction of sp³-hybridized carbons (Fsp3) is 0.107. The Morgan fingerprint density at radius 2 is 1.81 bits per heavy atom. The maximum Gasteiger partial charge on any atom is 0.263 e. The molecule has 0 fully saturated rings. The van der Waals surface area contributed by atoms with Gasteiger partial charge in [-0.3, -0.25) is 19.0 Å². The third-order valence-electron chi connectivity index (χ3n) is 6.30. The molecule has 0 saturated heterocycles. The molecule has 36 heavy (non-hydrogen) atoms. The van der Waals surface area contributed by atoms with Crippen LogP contribution in [0.15, 0.2) is 96.4 Å². The highest BCUT2D eigenvalue weighted by Gasteiger charge is 2.20. The van der Waals surface area contributed by atoms with Gasteiger partial charge in [-0.25, -0.2) is 9.97 Å². The van der Waals surface area contributed by atoms with E-state index in [0.29, 0.717) is 16.7 Å². The molecule has 0 bridgehead atoms. The van der Waals surface area contributed by atoms with Gasteiger partial charge in [0.1, 0.15) is 11.8 Å². The quantitative estimate of drug-likeness (QED) is 0.383. The number of aromatic nitrogens is 6. The standard InChI is InChI=1S/C28H23N7O/c1-18(33-27-26-23(30-17-31-27)12-7-13-29-26)24-14-19-8-6-11-22(20-15-32-34(2)16-20)25(19)28(36)35(24)21-9-4-3-5-10-21/h3-18H,1-2H3,(H,30,31,33). The van der Waals surface area contributed by atoms with Gasteiger partial charge in [-0.05, 0) is 48.2 Å². The first-order valence-corrected chi connectivity index (χ1v) is 11.7. The van der Waals surface area contributed by atoms with Gasteiger partial charge >= 0.3 is 0 Å². The van der Waals surface area contributed by atoms with Crippen molar-refractivity contribution < 1.29 is 0 Å². The lowest BCUT2D eigenvalue weighted by atomic mass is 9.99. The summed E-state index contributed by atoms with van der Waals surface area (Å²) < 4.78 is 3.51. The molecule has 0 aliphatic heterocycles. The molecule has 176 valence electrons. The van der Waals surface area contributed by atoms with Crippen molar-refractivity contribution in [1.29, 1.82) is 0 Å². The van der Waals surface area contributed by atoms with E-state index in [2.05, 4.69) is 31.4 Å². The Bertz CT molecular complexity index is 1770. The Morgan fingerprint density at radius 1 is 0.944 bits per heavy atom. The Labute approximate surface area is 206 Å². The van der Waals surface area contributed by atoms with Gasteiger partial charge in [0, 0.05) is 36.4 Å². The summed E-state index contributed by atoms with van der Waals surface area (Å²) in [6.07, 6.45) is 6.94. The number of rotatable bonds is 5. The average molecular weight is 474 g/mol. The van der Waals surface area contributed by atoms with E-state index in [1.54, 1.807) is 21.6 Å². The van der Waals surface area contributed by atoms with E-state index in [1.165, 1.54) is 6.33 Å². The lowest BCUT2D eigenvalue weighted by Gasteiger charge is -2.22. The maximum atomic E-state index is 14.2. The summed E-state index contributed by atoms with van der Waals surface area (Å²) >= 11 is 0. The van der Waals surface area contributed by atoms with Crippen LogP contribution in [0.5, 0.6) is 0 Å². The highest BCUT2D eigenvalue weighted by molar-refractivity contribution is 5.96. The first kappa shape index (κ1) is 21.7. The van der Waals surface area contributed by atoms with Crippen molar-refractivity contribution in [3.63, 3.8) is 0 Å². The minimum atomic E-state index is -0.260. The van der Waals surface area contributed by atoms with Crippen molar-refractivity contribution in [2.45, 2.75) is 13.0 Å². The summed E-state index contributed by atoms with van der Waals surface area (Å²) in [6.45, 7) is 2.02.